The second kappa shape index (κ2) is 14.2. The first-order valence-electron chi connectivity index (χ1n) is 8.34. The molecule has 7 heteroatoms. The maximum Gasteiger partial charge on any atom is 0.193 e. The largest absolute Gasteiger partial charge is 0.383 e. The number of hydrogen-bond donors (Lipinski definition) is 1. The first kappa shape index (κ1) is 22.9. The molecule has 0 atom stereocenters. The molecule has 138 valence electrons. The maximum atomic E-state index is 5.42. The van der Waals surface area contributed by atoms with Crippen LogP contribution in [-0.4, -0.2) is 90.0 Å². The van der Waals surface area contributed by atoms with E-state index in [2.05, 4.69) is 34.2 Å². The van der Waals surface area contributed by atoms with Gasteiger partial charge in [0, 0.05) is 60.6 Å². The van der Waals surface area contributed by atoms with Crippen molar-refractivity contribution in [3.8, 4) is 0 Å². The van der Waals surface area contributed by atoms with Gasteiger partial charge in [0.15, 0.2) is 5.96 Å². The number of nitrogens with zero attached hydrogens (tertiary/aromatic N) is 3. The molecule has 0 aromatic carbocycles. The lowest BCUT2D eigenvalue weighted by Gasteiger charge is -2.27. The van der Waals surface area contributed by atoms with Crippen molar-refractivity contribution in [1.29, 1.82) is 0 Å². The van der Waals surface area contributed by atoms with Crippen molar-refractivity contribution in [3.05, 3.63) is 0 Å². The fraction of sp³-hybridized carbons (Fsp3) is 0.938. The molecule has 0 amide bonds. The third-order valence-electron chi connectivity index (χ3n) is 4.24. The highest BCUT2D eigenvalue weighted by Gasteiger charge is 2.15. The lowest BCUT2D eigenvalue weighted by Crippen LogP contribution is -2.43. The van der Waals surface area contributed by atoms with Crippen LogP contribution in [0.5, 0.6) is 0 Å². The zero-order chi connectivity index (χ0) is 16.2. The Kier molecular flexibility index (Phi) is 14.2. The van der Waals surface area contributed by atoms with E-state index in [4.69, 9.17) is 9.47 Å². The number of hydrogen-bond acceptors (Lipinski definition) is 4. The fourth-order valence-corrected chi connectivity index (χ4v) is 2.62. The lowest BCUT2D eigenvalue weighted by atomic mass is 9.96. The molecule has 0 aromatic rings. The van der Waals surface area contributed by atoms with E-state index in [9.17, 15) is 0 Å². The van der Waals surface area contributed by atoms with Gasteiger partial charge in [-0.15, -0.1) is 24.0 Å². The molecule has 1 fully saturated rings. The Balaban J connectivity index is 0.00000484. The first-order chi connectivity index (χ1) is 10.7. The molecule has 0 spiro atoms. The molecule has 1 heterocycles. The number of ether oxygens (including phenoxy) is 2. The van der Waals surface area contributed by atoms with Gasteiger partial charge in [-0.2, -0.15) is 0 Å². The molecule has 0 saturated carbocycles. The highest BCUT2D eigenvalue weighted by molar-refractivity contribution is 14.0. The van der Waals surface area contributed by atoms with E-state index in [-0.39, 0.29) is 24.0 Å². The van der Waals surface area contributed by atoms with Gasteiger partial charge in [-0.3, -0.25) is 4.99 Å². The van der Waals surface area contributed by atoms with Crippen molar-refractivity contribution in [3.63, 3.8) is 0 Å². The Labute approximate surface area is 159 Å². The van der Waals surface area contributed by atoms with Crippen molar-refractivity contribution in [1.82, 2.24) is 15.1 Å². The maximum absolute atomic E-state index is 5.42. The van der Waals surface area contributed by atoms with Crippen LogP contribution in [0.2, 0.25) is 0 Å². The third-order valence-corrected chi connectivity index (χ3v) is 4.24. The molecule has 1 aliphatic heterocycles. The number of aliphatic imine (C=N–C) groups is 1. The Morgan fingerprint density at radius 3 is 2.52 bits per heavy atom. The molecule has 1 saturated heterocycles. The molecule has 1 aliphatic rings. The summed E-state index contributed by atoms with van der Waals surface area (Å²) in [6.45, 7) is 6.51. The number of halogens is 1. The molecular weight excluding hydrogens is 407 g/mol. The van der Waals surface area contributed by atoms with E-state index in [1.165, 1.54) is 19.3 Å². The van der Waals surface area contributed by atoms with Crippen molar-refractivity contribution < 1.29 is 9.47 Å². The van der Waals surface area contributed by atoms with E-state index in [0.29, 0.717) is 0 Å². The Bertz CT molecular complexity index is 312. The van der Waals surface area contributed by atoms with Gasteiger partial charge < -0.3 is 24.6 Å². The van der Waals surface area contributed by atoms with Crippen LogP contribution < -0.4 is 5.32 Å². The zero-order valence-electron chi connectivity index (χ0n) is 15.2. The average molecular weight is 442 g/mol. The highest BCUT2D eigenvalue weighted by Crippen LogP contribution is 2.18. The minimum atomic E-state index is 0. The molecule has 1 N–H and O–H groups in total. The van der Waals surface area contributed by atoms with Gasteiger partial charge in [-0.25, -0.2) is 0 Å². The topological polar surface area (TPSA) is 49.3 Å². The molecule has 0 bridgehead atoms. The molecule has 0 radical (unpaired) electrons. The van der Waals surface area contributed by atoms with Crippen LogP contribution in [0.15, 0.2) is 4.99 Å². The Hall–Kier alpha value is -0.120. The summed E-state index contributed by atoms with van der Waals surface area (Å²) in [7, 11) is 7.81. The van der Waals surface area contributed by atoms with Gasteiger partial charge in [-0.05, 0) is 32.2 Å². The zero-order valence-corrected chi connectivity index (χ0v) is 17.5. The molecule has 6 nitrogen and oxygen atoms in total. The van der Waals surface area contributed by atoms with Gasteiger partial charge in [0.1, 0.15) is 0 Å². The summed E-state index contributed by atoms with van der Waals surface area (Å²) in [6.07, 6.45) is 3.61. The fourth-order valence-electron chi connectivity index (χ4n) is 2.62. The minimum Gasteiger partial charge on any atom is -0.383 e. The summed E-state index contributed by atoms with van der Waals surface area (Å²) < 4.78 is 10.5. The van der Waals surface area contributed by atoms with Gasteiger partial charge in [0.2, 0.25) is 0 Å². The lowest BCUT2D eigenvalue weighted by molar-refractivity contribution is 0.0625. The van der Waals surface area contributed by atoms with Gasteiger partial charge in [0.05, 0.1) is 6.61 Å². The molecule has 0 aromatic heterocycles. The Morgan fingerprint density at radius 1 is 1.22 bits per heavy atom. The van der Waals surface area contributed by atoms with Crippen molar-refractivity contribution in [2.75, 3.05) is 74.3 Å². The van der Waals surface area contributed by atoms with E-state index in [1.54, 1.807) is 7.11 Å². The predicted octanol–water partition coefficient (Wildman–Crippen LogP) is 1.51. The molecule has 23 heavy (non-hydrogen) atoms. The average Bonchev–Trinajstić information content (AvgIpc) is 2.55. The van der Waals surface area contributed by atoms with Gasteiger partial charge in [0.25, 0.3) is 0 Å². The van der Waals surface area contributed by atoms with Crippen molar-refractivity contribution >= 4 is 29.9 Å². The van der Waals surface area contributed by atoms with E-state index in [1.807, 2.05) is 7.05 Å². The van der Waals surface area contributed by atoms with Crippen LogP contribution >= 0.6 is 24.0 Å². The normalized spacial score (nSPS) is 16.3. The van der Waals surface area contributed by atoms with Crippen molar-refractivity contribution in [2.24, 2.45) is 10.9 Å². The van der Waals surface area contributed by atoms with Crippen LogP contribution in [-0.2, 0) is 9.47 Å². The monoisotopic (exact) mass is 442 g/mol. The first-order valence-corrected chi connectivity index (χ1v) is 8.34. The quantitative estimate of drug-likeness (QED) is 0.333. The summed E-state index contributed by atoms with van der Waals surface area (Å²) in [5, 5.41) is 3.43. The number of likely N-dealkylation sites (N-methyl/N-ethyl adjacent to an activating group) is 1. The number of methoxy groups -OCH3 is 1. The Morgan fingerprint density at radius 2 is 1.91 bits per heavy atom. The summed E-state index contributed by atoms with van der Waals surface area (Å²) in [5.41, 5.74) is 0. The van der Waals surface area contributed by atoms with E-state index < -0.39 is 0 Å². The van der Waals surface area contributed by atoms with Gasteiger partial charge in [-0.1, -0.05) is 0 Å². The standard InChI is InChI=1S/C16H34N4O2.HI/c1-17-16(18-8-10-19(2)11-14-21-4)20(3)9-5-15-6-12-22-13-7-15;/h15H,5-14H2,1-4H3,(H,17,18);1H. The predicted molar refractivity (Wildman–Crippen MR) is 107 cm³/mol. The number of nitrogens with one attached hydrogen (secondary N) is 1. The summed E-state index contributed by atoms with van der Waals surface area (Å²) in [4.78, 5) is 8.86. The molecule has 0 unspecified atom stereocenters. The SMILES string of the molecule is CN=C(NCCN(C)CCOC)N(C)CCC1CCOCC1.I. The highest BCUT2D eigenvalue weighted by atomic mass is 127. The molecular formula is C16H35IN4O2. The summed E-state index contributed by atoms with van der Waals surface area (Å²) in [6, 6.07) is 0. The van der Waals surface area contributed by atoms with Gasteiger partial charge >= 0.3 is 0 Å². The second-order valence-electron chi connectivity index (χ2n) is 6.04. The van der Waals surface area contributed by atoms with Crippen LogP contribution in [0.3, 0.4) is 0 Å². The van der Waals surface area contributed by atoms with Crippen molar-refractivity contribution in [2.45, 2.75) is 19.3 Å². The smallest absolute Gasteiger partial charge is 0.193 e. The second-order valence-corrected chi connectivity index (χ2v) is 6.04. The summed E-state index contributed by atoms with van der Waals surface area (Å²) in [5.74, 6) is 1.78. The number of rotatable bonds is 9. The molecule has 0 aliphatic carbocycles. The van der Waals surface area contributed by atoms with Crippen LogP contribution in [0.4, 0.5) is 0 Å². The van der Waals surface area contributed by atoms with Crippen LogP contribution in [0.1, 0.15) is 19.3 Å². The summed E-state index contributed by atoms with van der Waals surface area (Å²) >= 11 is 0. The number of guanidine groups is 1. The van der Waals surface area contributed by atoms with E-state index in [0.717, 1.165) is 57.9 Å². The minimum absolute atomic E-state index is 0. The molecule has 1 rings (SSSR count). The van der Waals surface area contributed by atoms with Crippen LogP contribution in [0.25, 0.3) is 0 Å². The third kappa shape index (κ3) is 10.4. The van der Waals surface area contributed by atoms with Crippen LogP contribution in [0, 0.1) is 5.92 Å². The van der Waals surface area contributed by atoms with E-state index >= 15 is 0 Å².